The minimum atomic E-state index is -2.85. The molecule has 1 fully saturated rings. The van der Waals surface area contributed by atoms with Gasteiger partial charge in [0.05, 0.1) is 25.4 Å². The zero-order chi connectivity index (χ0) is 10.1. The molecule has 0 aromatic rings. The quantitative estimate of drug-likeness (QED) is 0.661. The van der Waals surface area contributed by atoms with E-state index in [0.29, 0.717) is 0 Å². The van der Waals surface area contributed by atoms with Gasteiger partial charge >= 0.3 is 0 Å². The smallest absolute Gasteiger partial charge is 0.160 e. The monoisotopic (exact) mass is 206 g/mol. The first-order valence-electron chi connectivity index (χ1n) is 4.98. The average molecular weight is 206 g/mol. The molecular weight excluding hydrogens is 186 g/mol. The summed E-state index contributed by atoms with van der Waals surface area (Å²) in [5, 5.41) is -0.315. The van der Waals surface area contributed by atoms with Gasteiger partial charge in [0, 0.05) is 0 Å². The van der Waals surface area contributed by atoms with E-state index in [1.807, 2.05) is 0 Å². The third-order valence-electron chi connectivity index (χ3n) is 2.83. The lowest BCUT2D eigenvalue weighted by molar-refractivity contribution is -0.883. The average Bonchev–Trinajstić information content (AvgIpc) is 2.04. The van der Waals surface area contributed by atoms with Crippen LogP contribution >= 0.6 is 0 Å². The maximum absolute atomic E-state index is 11.8. The van der Waals surface area contributed by atoms with Crippen LogP contribution in [-0.4, -0.2) is 39.1 Å². The fraction of sp³-hybridized carbons (Fsp3) is 1.00. The number of hydrogen-bond acceptors (Lipinski definition) is 2. The van der Waals surface area contributed by atoms with Crippen molar-refractivity contribution in [3.05, 3.63) is 0 Å². The second-order valence-electron chi connectivity index (χ2n) is 4.31. The van der Waals surface area contributed by atoms with Crippen LogP contribution in [0.5, 0.6) is 0 Å². The maximum Gasteiger partial charge on any atom is 0.160 e. The van der Waals surface area contributed by atoms with Crippen molar-refractivity contribution >= 4 is 9.84 Å². The SMILES string of the molecule is CC(C)S(=O)(=O)[C@@H]1CCC[NH+](C)C1. The van der Waals surface area contributed by atoms with Crippen LogP contribution in [0.15, 0.2) is 0 Å². The Morgan fingerprint density at radius 3 is 2.46 bits per heavy atom. The molecule has 78 valence electrons. The Bertz CT molecular complexity index is 259. The summed E-state index contributed by atoms with van der Waals surface area (Å²) < 4.78 is 23.6. The molecule has 1 aliphatic heterocycles. The number of sulfone groups is 1. The molecule has 0 spiro atoms. The van der Waals surface area contributed by atoms with Gasteiger partial charge in [-0.1, -0.05) is 0 Å². The third-order valence-corrected chi connectivity index (χ3v) is 5.47. The van der Waals surface area contributed by atoms with Gasteiger partial charge in [-0.15, -0.1) is 0 Å². The highest BCUT2D eigenvalue weighted by Gasteiger charge is 2.33. The molecule has 1 heterocycles. The van der Waals surface area contributed by atoms with E-state index in [2.05, 4.69) is 7.05 Å². The molecule has 4 heteroatoms. The van der Waals surface area contributed by atoms with Crippen LogP contribution in [0.25, 0.3) is 0 Å². The molecule has 1 unspecified atom stereocenters. The highest BCUT2D eigenvalue weighted by Crippen LogP contribution is 2.14. The zero-order valence-electron chi connectivity index (χ0n) is 8.71. The first kappa shape index (κ1) is 11.0. The van der Waals surface area contributed by atoms with Gasteiger partial charge in [0.2, 0.25) is 0 Å². The third kappa shape index (κ3) is 2.44. The minimum absolute atomic E-state index is 0.0961. The molecule has 0 amide bonds. The Morgan fingerprint density at radius 2 is 2.00 bits per heavy atom. The Hall–Kier alpha value is -0.0900. The van der Waals surface area contributed by atoms with Gasteiger partial charge in [-0.25, -0.2) is 8.42 Å². The molecule has 0 bridgehead atoms. The van der Waals surface area contributed by atoms with Gasteiger partial charge in [0.15, 0.2) is 9.84 Å². The molecule has 0 aromatic heterocycles. The Morgan fingerprint density at radius 1 is 1.38 bits per heavy atom. The highest BCUT2D eigenvalue weighted by atomic mass is 32.2. The maximum atomic E-state index is 11.8. The predicted octanol–water partition coefficient (Wildman–Crippen LogP) is -0.513. The first-order chi connectivity index (χ1) is 5.94. The van der Waals surface area contributed by atoms with Gasteiger partial charge in [0.1, 0.15) is 5.25 Å². The number of rotatable bonds is 2. The van der Waals surface area contributed by atoms with Gasteiger partial charge in [-0.2, -0.15) is 0 Å². The van der Waals surface area contributed by atoms with E-state index < -0.39 is 9.84 Å². The van der Waals surface area contributed by atoms with Gasteiger partial charge in [0.25, 0.3) is 0 Å². The molecule has 1 rings (SSSR count). The zero-order valence-corrected chi connectivity index (χ0v) is 9.52. The summed E-state index contributed by atoms with van der Waals surface area (Å²) >= 11 is 0. The van der Waals surface area contributed by atoms with Crippen molar-refractivity contribution < 1.29 is 13.3 Å². The van der Waals surface area contributed by atoms with Crippen LogP contribution in [0.2, 0.25) is 0 Å². The Balaban J connectivity index is 2.71. The van der Waals surface area contributed by atoms with Crippen molar-refractivity contribution in [3.8, 4) is 0 Å². The second-order valence-corrected chi connectivity index (χ2v) is 7.10. The normalized spacial score (nSPS) is 30.8. The molecule has 0 saturated carbocycles. The molecule has 2 atom stereocenters. The molecule has 0 aliphatic carbocycles. The Labute approximate surface area is 81.0 Å². The van der Waals surface area contributed by atoms with Crippen LogP contribution in [0.3, 0.4) is 0 Å². The number of hydrogen-bond donors (Lipinski definition) is 1. The van der Waals surface area contributed by atoms with E-state index >= 15 is 0 Å². The summed E-state index contributed by atoms with van der Waals surface area (Å²) in [4.78, 5) is 1.35. The van der Waals surface area contributed by atoms with Gasteiger partial charge < -0.3 is 4.90 Å². The molecule has 0 aromatic carbocycles. The summed E-state index contributed by atoms with van der Waals surface area (Å²) in [6.45, 7) is 5.46. The van der Waals surface area contributed by atoms with Crippen LogP contribution in [0.4, 0.5) is 0 Å². The van der Waals surface area contributed by atoms with Crippen LogP contribution in [-0.2, 0) is 9.84 Å². The molecule has 13 heavy (non-hydrogen) atoms. The van der Waals surface area contributed by atoms with E-state index in [4.69, 9.17) is 0 Å². The van der Waals surface area contributed by atoms with E-state index in [-0.39, 0.29) is 10.5 Å². The molecule has 1 saturated heterocycles. The molecule has 1 aliphatic rings. The van der Waals surface area contributed by atoms with Gasteiger partial charge in [-0.3, -0.25) is 0 Å². The predicted molar refractivity (Wildman–Crippen MR) is 53.7 cm³/mol. The molecule has 3 nitrogen and oxygen atoms in total. The molecule has 1 N–H and O–H groups in total. The van der Waals surface area contributed by atoms with Crippen molar-refractivity contribution in [1.82, 2.24) is 0 Å². The number of piperidine rings is 1. The van der Waals surface area contributed by atoms with Crippen molar-refractivity contribution in [2.45, 2.75) is 37.2 Å². The summed E-state index contributed by atoms with van der Waals surface area (Å²) in [5.74, 6) is 0. The van der Waals surface area contributed by atoms with E-state index in [1.165, 1.54) is 4.90 Å². The van der Waals surface area contributed by atoms with Crippen LogP contribution in [0, 0.1) is 0 Å². The first-order valence-corrected chi connectivity index (χ1v) is 6.59. The fourth-order valence-electron chi connectivity index (χ4n) is 1.89. The van der Waals surface area contributed by atoms with Crippen LogP contribution < -0.4 is 4.90 Å². The van der Waals surface area contributed by atoms with Crippen molar-refractivity contribution in [3.63, 3.8) is 0 Å². The van der Waals surface area contributed by atoms with Gasteiger partial charge in [-0.05, 0) is 26.7 Å². The minimum Gasteiger partial charge on any atom is -0.336 e. The summed E-state index contributed by atoms with van der Waals surface area (Å²) in [7, 11) is -0.782. The van der Waals surface area contributed by atoms with E-state index in [9.17, 15) is 8.42 Å². The van der Waals surface area contributed by atoms with Crippen molar-refractivity contribution in [2.75, 3.05) is 20.1 Å². The number of quaternary nitrogens is 1. The topological polar surface area (TPSA) is 38.6 Å². The fourth-order valence-corrected chi connectivity index (χ4v) is 3.67. The lowest BCUT2D eigenvalue weighted by atomic mass is 10.1. The lowest BCUT2D eigenvalue weighted by Gasteiger charge is -2.27. The lowest BCUT2D eigenvalue weighted by Crippen LogP contribution is -3.11. The number of likely N-dealkylation sites (tertiary alicyclic amines) is 1. The largest absolute Gasteiger partial charge is 0.336 e. The standard InChI is InChI=1S/C9H19NO2S/c1-8(2)13(11,12)9-5-4-6-10(3)7-9/h8-9H,4-7H2,1-3H3/p+1/t9-/m1/s1. The number of nitrogens with one attached hydrogen (secondary N) is 1. The van der Waals surface area contributed by atoms with Crippen molar-refractivity contribution in [1.29, 1.82) is 0 Å². The van der Waals surface area contributed by atoms with Crippen LogP contribution in [0.1, 0.15) is 26.7 Å². The Kier molecular flexibility index (Phi) is 3.35. The van der Waals surface area contributed by atoms with E-state index in [0.717, 1.165) is 25.9 Å². The van der Waals surface area contributed by atoms with E-state index in [1.54, 1.807) is 13.8 Å². The summed E-state index contributed by atoms with van der Waals surface area (Å²) in [5.41, 5.74) is 0. The molecule has 0 radical (unpaired) electrons. The second kappa shape index (κ2) is 3.96. The molecular formula is C9H20NO2S+. The van der Waals surface area contributed by atoms with Crippen molar-refractivity contribution in [2.24, 2.45) is 0 Å². The highest BCUT2D eigenvalue weighted by molar-refractivity contribution is 7.92. The summed E-state index contributed by atoms with van der Waals surface area (Å²) in [6, 6.07) is 0. The summed E-state index contributed by atoms with van der Waals surface area (Å²) in [6.07, 6.45) is 1.90.